The number of H-pyrrole nitrogens is 1. The lowest BCUT2D eigenvalue weighted by atomic mass is 10.1. The molecular formula is C25H23N3O4. The van der Waals surface area contributed by atoms with Crippen LogP contribution in [-0.2, 0) is 9.47 Å². The number of amides is 1. The second-order valence-electron chi connectivity index (χ2n) is 7.66. The normalized spacial score (nSPS) is 14.1. The Morgan fingerprint density at radius 3 is 2.59 bits per heavy atom. The summed E-state index contributed by atoms with van der Waals surface area (Å²) in [5.41, 5.74) is 3.81. The van der Waals surface area contributed by atoms with Crippen molar-refractivity contribution in [2.75, 3.05) is 32.9 Å². The lowest BCUT2D eigenvalue weighted by Gasteiger charge is -2.26. The lowest BCUT2D eigenvalue weighted by Crippen LogP contribution is -2.40. The standard InChI is InChI=1S/C25H23N3O4/c1-2-32-25(30)23-22-19(15-20(26-23)16-6-4-3-5-7-16)18-9-8-17(14-21(18)27-22)24(29)28-10-12-31-13-11-28/h3-9,14-15,27H,2,10-13H2,1H3. The van der Waals surface area contributed by atoms with Gasteiger partial charge in [0.05, 0.1) is 31.0 Å². The topological polar surface area (TPSA) is 84.5 Å². The summed E-state index contributed by atoms with van der Waals surface area (Å²) in [5, 5.41) is 1.78. The molecule has 1 amide bonds. The fourth-order valence-corrected chi connectivity index (χ4v) is 4.09. The molecule has 1 N–H and O–H groups in total. The van der Waals surface area contributed by atoms with Gasteiger partial charge in [-0.1, -0.05) is 36.4 Å². The van der Waals surface area contributed by atoms with Crippen molar-refractivity contribution in [3.8, 4) is 11.3 Å². The molecular weight excluding hydrogens is 406 g/mol. The molecule has 162 valence electrons. The molecule has 0 atom stereocenters. The highest BCUT2D eigenvalue weighted by molar-refractivity contribution is 6.15. The van der Waals surface area contributed by atoms with E-state index in [1.807, 2.05) is 54.6 Å². The predicted octanol–water partition coefficient (Wildman–Crippen LogP) is 4.03. The molecule has 7 nitrogen and oxygen atoms in total. The number of carbonyl (C=O) groups excluding carboxylic acids is 2. The molecule has 0 unspecified atom stereocenters. The highest BCUT2D eigenvalue weighted by atomic mass is 16.5. The number of aromatic amines is 1. The van der Waals surface area contributed by atoms with Crippen molar-refractivity contribution in [3.63, 3.8) is 0 Å². The Morgan fingerprint density at radius 2 is 1.84 bits per heavy atom. The maximum atomic E-state index is 12.9. The van der Waals surface area contributed by atoms with Gasteiger partial charge in [-0.05, 0) is 25.1 Å². The summed E-state index contributed by atoms with van der Waals surface area (Å²) in [6.07, 6.45) is 0. The SMILES string of the molecule is CCOC(=O)c1nc(-c2ccccc2)cc2c1[nH]c1cc(C(=O)N3CCOCC3)ccc12. The second-order valence-corrected chi connectivity index (χ2v) is 7.66. The maximum absolute atomic E-state index is 12.9. The van der Waals surface area contributed by atoms with Crippen LogP contribution in [0.15, 0.2) is 54.6 Å². The van der Waals surface area contributed by atoms with Crippen LogP contribution in [0.5, 0.6) is 0 Å². The molecule has 0 saturated carbocycles. The van der Waals surface area contributed by atoms with Crippen LogP contribution in [0.2, 0.25) is 0 Å². The largest absolute Gasteiger partial charge is 0.461 e. The third-order valence-corrected chi connectivity index (χ3v) is 5.67. The van der Waals surface area contributed by atoms with Gasteiger partial charge in [0.15, 0.2) is 5.69 Å². The van der Waals surface area contributed by atoms with Gasteiger partial charge in [0, 0.05) is 40.5 Å². The van der Waals surface area contributed by atoms with E-state index >= 15 is 0 Å². The highest BCUT2D eigenvalue weighted by Crippen LogP contribution is 2.32. The number of morpholine rings is 1. The predicted molar refractivity (Wildman–Crippen MR) is 122 cm³/mol. The molecule has 1 aliphatic heterocycles. The molecule has 7 heteroatoms. The van der Waals surface area contributed by atoms with Gasteiger partial charge in [-0.15, -0.1) is 0 Å². The molecule has 1 fully saturated rings. The van der Waals surface area contributed by atoms with Gasteiger partial charge >= 0.3 is 5.97 Å². The van der Waals surface area contributed by atoms with Gasteiger partial charge in [0.2, 0.25) is 0 Å². The Kier molecular flexibility index (Phi) is 5.33. The van der Waals surface area contributed by atoms with E-state index in [0.29, 0.717) is 43.1 Å². The van der Waals surface area contributed by atoms with Gasteiger partial charge in [-0.25, -0.2) is 9.78 Å². The number of hydrogen-bond donors (Lipinski definition) is 1. The summed E-state index contributed by atoms with van der Waals surface area (Å²) in [7, 11) is 0. The molecule has 4 aromatic rings. The van der Waals surface area contributed by atoms with E-state index in [1.165, 1.54) is 0 Å². The fourth-order valence-electron chi connectivity index (χ4n) is 4.09. The van der Waals surface area contributed by atoms with Gasteiger partial charge in [-0.3, -0.25) is 4.79 Å². The van der Waals surface area contributed by atoms with Crippen LogP contribution in [0.25, 0.3) is 33.1 Å². The number of aromatic nitrogens is 2. The highest BCUT2D eigenvalue weighted by Gasteiger charge is 2.22. The minimum absolute atomic E-state index is 0.0254. The number of ether oxygens (including phenoxy) is 2. The Hall–Kier alpha value is -3.71. The van der Waals surface area contributed by atoms with E-state index in [-0.39, 0.29) is 18.2 Å². The van der Waals surface area contributed by atoms with E-state index in [9.17, 15) is 9.59 Å². The number of esters is 1. The number of pyridine rings is 1. The average molecular weight is 429 g/mol. The van der Waals surface area contributed by atoms with Crippen LogP contribution < -0.4 is 0 Å². The molecule has 1 saturated heterocycles. The quantitative estimate of drug-likeness (QED) is 0.495. The average Bonchev–Trinajstić information content (AvgIpc) is 3.22. The molecule has 32 heavy (non-hydrogen) atoms. The number of benzene rings is 2. The van der Waals surface area contributed by atoms with Crippen molar-refractivity contribution in [1.82, 2.24) is 14.9 Å². The first-order valence-electron chi connectivity index (χ1n) is 10.7. The zero-order valence-electron chi connectivity index (χ0n) is 17.8. The molecule has 0 spiro atoms. The number of nitrogens with one attached hydrogen (secondary N) is 1. The molecule has 2 aromatic carbocycles. The molecule has 0 aliphatic carbocycles. The zero-order valence-corrected chi connectivity index (χ0v) is 17.8. The molecule has 1 aliphatic rings. The number of rotatable bonds is 4. The summed E-state index contributed by atoms with van der Waals surface area (Å²) in [6.45, 7) is 4.30. The van der Waals surface area contributed by atoms with E-state index in [4.69, 9.17) is 9.47 Å². The Labute approximate surface area is 185 Å². The first kappa shape index (κ1) is 20.2. The van der Waals surface area contributed by atoms with E-state index in [0.717, 1.165) is 21.9 Å². The van der Waals surface area contributed by atoms with Crippen LogP contribution in [-0.4, -0.2) is 59.7 Å². The van der Waals surface area contributed by atoms with Gasteiger partial charge in [0.1, 0.15) is 0 Å². The monoisotopic (exact) mass is 429 g/mol. The van der Waals surface area contributed by atoms with E-state index < -0.39 is 5.97 Å². The molecule has 0 bridgehead atoms. The maximum Gasteiger partial charge on any atom is 0.359 e. The molecule has 2 aromatic heterocycles. The van der Waals surface area contributed by atoms with Crippen molar-refractivity contribution in [1.29, 1.82) is 0 Å². The number of hydrogen-bond acceptors (Lipinski definition) is 5. The summed E-state index contributed by atoms with van der Waals surface area (Å²) in [5.74, 6) is -0.506. The minimum Gasteiger partial charge on any atom is -0.461 e. The van der Waals surface area contributed by atoms with Crippen molar-refractivity contribution >= 4 is 33.7 Å². The van der Waals surface area contributed by atoms with Gasteiger partial charge < -0.3 is 19.4 Å². The van der Waals surface area contributed by atoms with Crippen molar-refractivity contribution in [2.45, 2.75) is 6.92 Å². The van der Waals surface area contributed by atoms with Gasteiger partial charge in [0.25, 0.3) is 5.91 Å². The summed E-state index contributed by atoms with van der Waals surface area (Å²) < 4.78 is 10.6. The zero-order chi connectivity index (χ0) is 22.1. The van der Waals surface area contributed by atoms with Crippen molar-refractivity contribution in [2.24, 2.45) is 0 Å². The van der Waals surface area contributed by atoms with Crippen LogP contribution in [0.3, 0.4) is 0 Å². The first-order chi connectivity index (χ1) is 15.7. The number of fused-ring (bicyclic) bond motifs is 3. The van der Waals surface area contributed by atoms with Crippen molar-refractivity contribution in [3.05, 3.63) is 65.9 Å². The molecule has 3 heterocycles. The van der Waals surface area contributed by atoms with Crippen LogP contribution >= 0.6 is 0 Å². The van der Waals surface area contributed by atoms with E-state index in [2.05, 4.69) is 9.97 Å². The minimum atomic E-state index is -0.480. The van der Waals surface area contributed by atoms with Crippen LogP contribution in [0.1, 0.15) is 27.8 Å². The van der Waals surface area contributed by atoms with Crippen LogP contribution in [0.4, 0.5) is 0 Å². The third kappa shape index (κ3) is 3.61. The summed E-state index contributed by atoms with van der Waals surface area (Å²) in [4.78, 5) is 35.4. The van der Waals surface area contributed by atoms with Crippen LogP contribution in [0, 0.1) is 0 Å². The van der Waals surface area contributed by atoms with E-state index in [1.54, 1.807) is 11.8 Å². The Bertz CT molecular complexity index is 1310. The van der Waals surface area contributed by atoms with Crippen molar-refractivity contribution < 1.29 is 19.1 Å². The second kappa shape index (κ2) is 8.43. The third-order valence-electron chi connectivity index (χ3n) is 5.67. The number of nitrogens with zero attached hydrogens (tertiary/aromatic N) is 2. The molecule has 0 radical (unpaired) electrons. The summed E-state index contributed by atoms with van der Waals surface area (Å²) in [6, 6.07) is 17.3. The fraction of sp³-hybridized carbons (Fsp3) is 0.240. The first-order valence-corrected chi connectivity index (χ1v) is 10.7. The lowest BCUT2D eigenvalue weighted by molar-refractivity contribution is 0.0303. The van der Waals surface area contributed by atoms with Gasteiger partial charge in [-0.2, -0.15) is 0 Å². The summed E-state index contributed by atoms with van der Waals surface area (Å²) >= 11 is 0. The smallest absolute Gasteiger partial charge is 0.359 e. The number of carbonyl (C=O) groups is 2. The molecule has 5 rings (SSSR count). The Balaban J connectivity index is 1.65. The Morgan fingerprint density at radius 1 is 1.06 bits per heavy atom.